The highest BCUT2D eigenvalue weighted by molar-refractivity contribution is 6.22. The van der Waals surface area contributed by atoms with Crippen LogP contribution in [0.2, 0.25) is 0 Å². The molecular weight excluding hydrogens is 654 g/mol. The minimum Gasteiger partial charge on any atom is -0.491 e. The summed E-state index contributed by atoms with van der Waals surface area (Å²) in [6.07, 6.45) is 4.23. The average molecular weight is 694 g/mol. The van der Waals surface area contributed by atoms with Crippen molar-refractivity contribution in [2.24, 2.45) is 23.7 Å². The Morgan fingerprint density at radius 1 is 0.865 bits per heavy atom. The number of aryl methyl sites for hydroxylation is 1. The number of fused-ring (bicyclic) bond motifs is 4. The molecule has 2 saturated heterocycles. The average Bonchev–Trinajstić information content (AvgIpc) is 3.56. The molecule has 8 rings (SSSR count). The molecular formula is C43H39N3O6. The van der Waals surface area contributed by atoms with Gasteiger partial charge in [-0.1, -0.05) is 103 Å². The zero-order chi connectivity index (χ0) is 36.1. The van der Waals surface area contributed by atoms with Crippen molar-refractivity contribution < 1.29 is 29.0 Å². The van der Waals surface area contributed by atoms with Gasteiger partial charge in [0.15, 0.2) is 0 Å². The molecule has 2 aliphatic heterocycles. The molecule has 3 fully saturated rings. The van der Waals surface area contributed by atoms with E-state index < -0.39 is 46.8 Å². The summed E-state index contributed by atoms with van der Waals surface area (Å²) in [5.41, 5.74) is 6.88. The third-order valence-corrected chi connectivity index (χ3v) is 11.4. The number of hydrogen-bond acceptors (Lipinski definition) is 7. The third-order valence-electron chi connectivity index (χ3n) is 11.4. The van der Waals surface area contributed by atoms with Crippen molar-refractivity contribution in [1.29, 1.82) is 0 Å². The minimum atomic E-state index is -1.42. The fourth-order valence-corrected chi connectivity index (χ4v) is 9.11. The zero-order valence-electron chi connectivity index (χ0n) is 28.8. The molecule has 0 radical (unpaired) electrons. The molecule has 6 unspecified atom stereocenters. The number of para-hydroxylation sites is 1. The molecule has 9 nitrogen and oxygen atoms in total. The molecule has 0 spiro atoms. The van der Waals surface area contributed by atoms with Gasteiger partial charge in [0, 0.05) is 11.5 Å². The number of nitrogens with one attached hydrogen (secondary N) is 1. The van der Waals surface area contributed by atoms with E-state index in [1.54, 1.807) is 24.3 Å². The molecule has 4 aromatic carbocycles. The first-order valence-electron chi connectivity index (χ1n) is 17.7. The lowest BCUT2D eigenvalue weighted by Crippen LogP contribution is -2.53. The Bertz CT molecular complexity index is 2110. The van der Waals surface area contributed by atoms with Crippen molar-refractivity contribution in [2.45, 2.75) is 31.1 Å². The maximum atomic E-state index is 15.4. The highest BCUT2D eigenvalue weighted by Crippen LogP contribution is 2.65. The Hall–Kier alpha value is -5.80. The Kier molecular flexibility index (Phi) is 8.38. The standard InChI is InChI=1S/C43H39N3O6/c1-3-27-15-19-30(20-16-27)45-39(48)33-22-21-31-34(37(33)41(45)50)25-35-40(49)46(44-29-17-13-26(2)14-18-29)42(51)43(35,28-9-5-4-6-10-28)38(31)32-11-7-8-12-36(32)52-24-23-47/h3-21,33-35,37-38,44,47H,1,22-25H2,2H3. The van der Waals surface area contributed by atoms with Gasteiger partial charge >= 0.3 is 0 Å². The van der Waals surface area contributed by atoms with Gasteiger partial charge in [0.25, 0.3) is 11.8 Å². The summed E-state index contributed by atoms with van der Waals surface area (Å²) < 4.78 is 6.12. The van der Waals surface area contributed by atoms with Gasteiger partial charge in [-0.05, 0) is 67.1 Å². The fourth-order valence-electron chi connectivity index (χ4n) is 9.11. The van der Waals surface area contributed by atoms with Crippen LogP contribution < -0.4 is 15.1 Å². The van der Waals surface area contributed by atoms with Crippen LogP contribution in [0.1, 0.15) is 41.0 Å². The van der Waals surface area contributed by atoms with Gasteiger partial charge in [-0.25, -0.2) is 0 Å². The second-order valence-electron chi connectivity index (χ2n) is 14.0. The van der Waals surface area contributed by atoms with Gasteiger partial charge in [0.05, 0.1) is 41.2 Å². The smallest absolute Gasteiger partial charge is 0.260 e. The molecule has 6 atom stereocenters. The molecule has 52 heavy (non-hydrogen) atoms. The first-order valence-corrected chi connectivity index (χ1v) is 17.7. The number of anilines is 2. The van der Waals surface area contributed by atoms with E-state index in [1.165, 1.54) is 4.90 Å². The number of carbonyl (C=O) groups excluding carboxylic acids is 4. The Morgan fingerprint density at radius 2 is 1.58 bits per heavy atom. The number of hydrogen-bond donors (Lipinski definition) is 2. The van der Waals surface area contributed by atoms with Gasteiger partial charge in [-0.15, -0.1) is 0 Å². The second kappa shape index (κ2) is 13.1. The Balaban J connectivity index is 1.31. The maximum Gasteiger partial charge on any atom is 0.260 e. The van der Waals surface area contributed by atoms with Crippen molar-refractivity contribution in [3.05, 3.63) is 144 Å². The van der Waals surface area contributed by atoms with E-state index in [0.29, 0.717) is 34.7 Å². The van der Waals surface area contributed by atoms with Crippen LogP contribution in [0, 0.1) is 30.6 Å². The van der Waals surface area contributed by atoms with Crippen LogP contribution in [-0.2, 0) is 24.6 Å². The van der Waals surface area contributed by atoms with Gasteiger partial charge in [0.1, 0.15) is 12.4 Å². The van der Waals surface area contributed by atoms with Crippen LogP contribution in [0.4, 0.5) is 11.4 Å². The van der Waals surface area contributed by atoms with Crippen LogP contribution in [0.25, 0.3) is 6.08 Å². The largest absolute Gasteiger partial charge is 0.491 e. The van der Waals surface area contributed by atoms with Gasteiger partial charge in [-0.2, -0.15) is 5.01 Å². The second-order valence-corrected chi connectivity index (χ2v) is 14.0. The number of benzene rings is 4. The van der Waals surface area contributed by atoms with Crippen molar-refractivity contribution in [2.75, 3.05) is 23.5 Å². The van der Waals surface area contributed by atoms with E-state index in [2.05, 4.69) is 12.0 Å². The third kappa shape index (κ3) is 5.02. The first-order chi connectivity index (χ1) is 25.3. The van der Waals surface area contributed by atoms with Crippen LogP contribution in [-0.4, -0.2) is 47.0 Å². The summed E-state index contributed by atoms with van der Waals surface area (Å²) in [7, 11) is 0. The van der Waals surface area contributed by atoms with E-state index in [-0.39, 0.29) is 31.4 Å². The maximum absolute atomic E-state index is 15.4. The molecule has 2 heterocycles. The number of hydrazine groups is 1. The SMILES string of the molecule is C=Cc1ccc(N2C(=O)C3CC=C4C(CC5C(=O)N(Nc6ccc(C)cc6)C(=O)C5(c5ccccc5)C4c4ccccc4OCCO)C3C2=O)cc1. The van der Waals surface area contributed by atoms with Gasteiger partial charge < -0.3 is 9.84 Å². The molecule has 4 aliphatic rings. The van der Waals surface area contributed by atoms with Crippen molar-refractivity contribution >= 4 is 41.1 Å². The van der Waals surface area contributed by atoms with Crippen LogP contribution in [0.15, 0.2) is 121 Å². The summed E-state index contributed by atoms with van der Waals surface area (Å²) in [6.45, 7) is 5.58. The molecule has 0 aromatic heterocycles. The highest BCUT2D eigenvalue weighted by Gasteiger charge is 2.70. The molecule has 9 heteroatoms. The molecule has 0 bridgehead atoms. The number of amides is 4. The van der Waals surface area contributed by atoms with Crippen LogP contribution >= 0.6 is 0 Å². The summed E-state index contributed by atoms with van der Waals surface area (Å²) in [6, 6.07) is 31.4. The quantitative estimate of drug-likeness (QED) is 0.159. The summed E-state index contributed by atoms with van der Waals surface area (Å²) >= 11 is 0. The number of nitrogens with zero attached hydrogens (tertiary/aromatic N) is 2. The lowest BCUT2D eigenvalue weighted by Gasteiger charge is -2.50. The van der Waals surface area contributed by atoms with Crippen molar-refractivity contribution in [3.63, 3.8) is 0 Å². The Morgan fingerprint density at radius 3 is 2.29 bits per heavy atom. The number of carbonyl (C=O) groups is 4. The summed E-state index contributed by atoms with van der Waals surface area (Å²) in [5, 5.41) is 10.9. The fraction of sp³-hybridized carbons (Fsp3) is 0.256. The van der Waals surface area contributed by atoms with E-state index in [1.807, 2.05) is 97.9 Å². The van der Waals surface area contributed by atoms with Crippen LogP contribution in [0.5, 0.6) is 5.75 Å². The number of allylic oxidation sites excluding steroid dienone is 2. The number of imide groups is 2. The predicted octanol–water partition coefficient (Wildman–Crippen LogP) is 6.20. The lowest BCUT2D eigenvalue weighted by atomic mass is 9.49. The van der Waals surface area contributed by atoms with E-state index in [0.717, 1.165) is 21.7 Å². The molecule has 2 N–H and O–H groups in total. The number of aliphatic hydroxyl groups excluding tert-OH is 1. The Labute approximate surface area is 302 Å². The molecule has 2 aliphatic carbocycles. The zero-order valence-corrected chi connectivity index (χ0v) is 28.8. The highest BCUT2D eigenvalue weighted by atomic mass is 16.5. The minimum absolute atomic E-state index is 0.0270. The lowest BCUT2D eigenvalue weighted by molar-refractivity contribution is -0.138. The molecule has 4 aromatic rings. The van der Waals surface area contributed by atoms with Crippen molar-refractivity contribution in [1.82, 2.24) is 5.01 Å². The molecule has 262 valence electrons. The van der Waals surface area contributed by atoms with Crippen LogP contribution in [0.3, 0.4) is 0 Å². The summed E-state index contributed by atoms with van der Waals surface area (Å²) in [5.74, 6) is -4.38. The topological polar surface area (TPSA) is 116 Å². The van der Waals surface area contributed by atoms with Gasteiger partial charge in [0.2, 0.25) is 11.8 Å². The van der Waals surface area contributed by atoms with E-state index in [9.17, 15) is 19.5 Å². The molecule has 4 amide bonds. The van der Waals surface area contributed by atoms with Gasteiger partial charge in [-0.3, -0.25) is 29.5 Å². The van der Waals surface area contributed by atoms with E-state index in [4.69, 9.17) is 4.74 Å². The van der Waals surface area contributed by atoms with Crippen molar-refractivity contribution in [3.8, 4) is 5.75 Å². The number of ether oxygens (including phenoxy) is 1. The predicted molar refractivity (Wildman–Crippen MR) is 197 cm³/mol. The first kappa shape index (κ1) is 33.3. The van der Waals surface area contributed by atoms with E-state index >= 15 is 4.79 Å². The molecule has 1 saturated carbocycles. The normalized spacial score (nSPS) is 26.4. The monoisotopic (exact) mass is 693 g/mol. The summed E-state index contributed by atoms with van der Waals surface area (Å²) in [4.78, 5) is 60.2. The number of aliphatic hydroxyl groups is 1. The number of rotatable bonds is 9.